The number of rotatable bonds is 2. The van der Waals surface area contributed by atoms with Gasteiger partial charge in [0.2, 0.25) is 0 Å². The van der Waals surface area contributed by atoms with E-state index >= 15 is 0 Å². The minimum Gasteiger partial charge on any atom is -0.330 e. The number of aromatic nitrogens is 2. The third kappa shape index (κ3) is 2.38. The molecule has 0 atom stereocenters. The van der Waals surface area contributed by atoms with Crippen molar-refractivity contribution in [1.29, 1.82) is 0 Å². The summed E-state index contributed by atoms with van der Waals surface area (Å²) in [5, 5.41) is 0. The summed E-state index contributed by atoms with van der Waals surface area (Å²) < 4.78 is 2.41. The van der Waals surface area contributed by atoms with Crippen LogP contribution < -0.4 is 5.73 Å². The largest absolute Gasteiger partial charge is 0.330 e. The first kappa shape index (κ1) is 12.6. The highest BCUT2D eigenvalue weighted by atomic mass is 15.2. The second kappa shape index (κ2) is 4.42. The summed E-state index contributed by atoms with van der Waals surface area (Å²) in [6.45, 7) is 10.5. The van der Waals surface area contributed by atoms with Crippen LogP contribution in [0.5, 0.6) is 0 Å². The van der Waals surface area contributed by atoms with Crippen LogP contribution in [0, 0.1) is 0 Å². The van der Waals surface area contributed by atoms with E-state index in [2.05, 4.69) is 37.3 Å². The molecule has 96 valence electrons. The fourth-order valence-electron chi connectivity index (χ4n) is 2.47. The van der Waals surface area contributed by atoms with Crippen molar-refractivity contribution in [2.75, 3.05) is 20.1 Å². The Bertz CT molecular complexity index is 400. The van der Waals surface area contributed by atoms with Gasteiger partial charge in [-0.1, -0.05) is 20.8 Å². The van der Waals surface area contributed by atoms with E-state index in [0.29, 0.717) is 6.54 Å². The summed E-state index contributed by atoms with van der Waals surface area (Å²) >= 11 is 0. The van der Waals surface area contributed by atoms with Crippen molar-refractivity contribution in [3.8, 4) is 0 Å². The highest BCUT2D eigenvalue weighted by Gasteiger charge is 2.27. The van der Waals surface area contributed by atoms with Crippen LogP contribution in [-0.2, 0) is 24.9 Å². The summed E-state index contributed by atoms with van der Waals surface area (Å²) in [4.78, 5) is 7.19. The van der Waals surface area contributed by atoms with Crippen LogP contribution in [0.1, 0.15) is 38.0 Å². The van der Waals surface area contributed by atoms with Gasteiger partial charge in [0.1, 0.15) is 5.82 Å². The molecule has 0 aliphatic carbocycles. The highest BCUT2D eigenvalue weighted by Crippen LogP contribution is 2.27. The number of nitrogens with zero attached hydrogens (tertiary/aromatic N) is 3. The second-order valence-electron chi connectivity index (χ2n) is 6.01. The fraction of sp³-hybridized carbons (Fsp3) is 0.769. The first-order valence-corrected chi connectivity index (χ1v) is 6.41. The van der Waals surface area contributed by atoms with E-state index < -0.39 is 0 Å². The smallest absolute Gasteiger partial charge is 0.114 e. The molecule has 4 heteroatoms. The summed E-state index contributed by atoms with van der Waals surface area (Å²) in [7, 11) is 2.17. The SMILES string of the molecule is CN1CCn2c(C(C)(C)C)nc(CCN)c2C1. The average Bonchev–Trinajstić information content (AvgIpc) is 2.57. The Kier molecular flexibility index (Phi) is 3.27. The molecule has 0 radical (unpaired) electrons. The van der Waals surface area contributed by atoms with Crippen LogP contribution in [0.25, 0.3) is 0 Å². The zero-order valence-corrected chi connectivity index (χ0v) is 11.5. The third-order valence-electron chi connectivity index (χ3n) is 3.33. The molecular formula is C13H24N4. The molecule has 0 saturated heterocycles. The number of nitrogens with two attached hydrogens (primary N) is 1. The third-order valence-corrected chi connectivity index (χ3v) is 3.33. The van der Waals surface area contributed by atoms with Gasteiger partial charge in [-0.05, 0) is 13.6 Å². The Morgan fingerprint density at radius 1 is 1.29 bits per heavy atom. The first-order chi connectivity index (χ1) is 7.93. The minimum atomic E-state index is 0.109. The summed E-state index contributed by atoms with van der Waals surface area (Å²) in [5.74, 6) is 1.21. The number of imidazole rings is 1. The van der Waals surface area contributed by atoms with Crippen LogP contribution in [0.2, 0.25) is 0 Å². The van der Waals surface area contributed by atoms with Crippen molar-refractivity contribution in [2.45, 2.75) is 45.7 Å². The van der Waals surface area contributed by atoms with E-state index in [1.807, 2.05) is 0 Å². The van der Waals surface area contributed by atoms with Gasteiger partial charge < -0.3 is 10.3 Å². The second-order valence-corrected chi connectivity index (χ2v) is 6.01. The van der Waals surface area contributed by atoms with Crippen LogP contribution >= 0.6 is 0 Å². The Morgan fingerprint density at radius 3 is 2.59 bits per heavy atom. The molecule has 0 unspecified atom stereocenters. The van der Waals surface area contributed by atoms with E-state index in [9.17, 15) is 0 Å². The van der Waals surface area contributed by atoms with Crippen molar-refractivity contribution in [1.82, 2.24) is 14.5 Å². The van der Waals surface area contributed by atoms with Crippen molar-refractivity contribution in [2.24, 2.45) is 5.73 Å². The molecule has 2 heterocycles. The van der Waals surface area contributed by atoms with Gasteiger partial charge in [0.25, 0.3) is 0 Å². The van der Waals surface area contributed by atoms with Crippen LogP contribution in [-0.4, -0.2) is 34.6 Å². The van der Waals surface area contributed by atoms with E-state index in [1.54, 1.807) is 0 Å². The molecule has 0 bridgehead atoms. The number of hydrogen-bond acceptors (Lipinski definition) is 3. The van der Waals surface area contributed by atoms with Crippen molar-refractivity contribution in [3.63, 3.8) is 0 Å². The zero-order valence-electron chi connectivity index (χ0n) is 11.5. The monoisotopic (exact) mass is 236 g/mol. The standard InChI is InChI=1S/C13H24N4/c1-13(2,3)12-15-10(5-6-14)11-9-16(4)7-8-17(11)12/h5-9,14H2,1-4H3. The van der Waals surface area contributed by atoms with Gasteiger partial charge in [-0.3, -0.25) is 4.90 Å². The lowest BCUT2D eigenvalue weighted by Crippen LogP contribution is -2.33. The molecule has 2 rings (SSSR count). The molecule has 4 nitrogen and oxygen atoms in total. The lowest BCUT2D eigenvalue weighted by molar-refractivity contribution is 0.261. The Labute approximate surface area is 104 Å². The lowest BCUT2D eigenvalue weighted by atomic mass is 9.95. The zero-order chi connectivity index (χ0) is 12.6. The average molecular weight is 236 g/mol. The Morgan fingerprint density at radius 2 is 2.00 bits per heavy atom. The van der Waals surface area contributed by atoms with Gasteiger partial charge in [-0.2, -0.15) is 0 Å². The number of hydrogen-bond donors (Lipinski definition) is 1. The van der Waals surface area contributed by atoms with Crippen LogP contribution in [0.15, 0.2) is 0 Å². The maximum Gasteiger partial charge on any atom is 0.114 e. The quantitative estimate of drug-likeness (QED) is 0.837. The number of likely N-dealkylation sites (N-methyl/N-ethyl adjacent to an activating group) is 1. The normalized spacial score (nSPS) is 17.2. The topological polar surface area (TPSA) is 47.1 Å². The van der Waals surface area contributed by atoms with Crippen molar-refractivity contribution >= 4 is 0 Å². The fourth-order valence-corrected chi connectivity index (χ4v) is 2.47. The maximum atomic E-state index is 5.68. The van der Waals surface area contributed by atoms with Crippen LogP contribution in [0.4, 0.5) is 0 Å². The van der Waals surface area contributed by atoms with E-state index in [1.165, 1.54) is 17.2 Å². The summed E-state index contributed by atoms with van der Waals surface area (Å²) in [6.07, 6.45) is 0.888. The molecule has 0 saturated carbocycles. The van der Waals surface area contributed by atoms with Gasteiger partial charge in [0.05, 0.1) is 11.4 Å². The molecule has 0 amide bonds. The Balaban J connectivity index is 2.46. The summed E-state index contributed by atoms with van der Waals surface area (Å²) in [6, 6.07) is 0. The predicted molar refractivity (Wildman–Crippen MR) is 70.0 cm³/mol. The highest BCUT2D eigenvalue weighted by molar-refractivity contribution is 5.23. The van der Waals surface area contributed by atoms with E-state index in [4.69, 9.17) is 10.7 Å². The molecule has 17 heavy (non-hydrogen) atoms. The van der Waals surface area contributed by atoms with E-state index in [-0.39, 0.29) is 5.41 Å². The molecule has 1 aromatic heterocycles. The van der Waals surface area contributed by atoms with Gasteiger partial charge in [-0.25, -0.2) is 4.98 Å². The van der Waals surface area contributed by atoms with Crippen LogP contribution in [0.3, 0.4) is 0 Å². The molecule has 1 aromatic rings. The molecule has 0 aromatic carbocycles. The lowest BCUT2D eigenvalue weighted by Gasteiger charge is -2.28. The number of fused-ring (bicyclic) bond motifs is 1. The first-order valence-electron chi connectivity index (χ1n) is 6.41. The van der Waals surface area contributed by atoms with Crippen molar-refractivity contribution < 1.29 is 0 Å². The molecule has 1 aliphatic rings. The van der Waals surface area contributed by atoms with Gasteiger partial charge in [0, 0.05) is 31.5 Å². The van der Waals surface area contributed by atoms with Gasteiger partial charge in [0.15, 0.2) is 0 Å². The van der Waals surface area contributed by atoms with E-state index in [0.717, 1.165) is 26.1 Å². The molecule has 2 N–H and O–H groups in total. The molecule has 0 fully saturated rings. The van der Waals surface area contributed by atoms with Crippen molar-refractivity contribution in [3.05, 3.63) is 17.2 Å². The molecule has 1 aliphatic heterocycles. The van der Waals surface area contributed by atoms with Gasteiger partial charge >= 0.3 is 0 Å². The molecular weight excluding hydrogens is 212 g/mol. The summed E-state index contributed by atoms with van der Waals surface area (Å²) in [5.41, 5.74) is 8.36. The predicted octanol–water partition coefficient (Wildman–Crippen LogP) is 1.13. The maximum absolute atomic E-state index is 5.68. The van der Waals surface area contributed by atoms with Gasteiger partial charge in [-0.15, -0.1) is 0 Å². The Hall–Kier alpha value is -0.870. The molecule has 0 spiro atoms. The minimum absolute atomic E-state index is 0.109.